The topological polar surface area (TPSA) is 71.2 Å². The Labute approximate surface area is 82.5 Å². The van der Waals surface area contributed by atoms with Gasteiger partial charge in [-0.2, -0.15) is 0 Å². The molecule has 0 amide bonds. The second-order valence-electron chi connectivity index (χ2n) is 3.82. The zero-order chi connectivity index (χ0) is 9.97. The fourth-order valence-corrected chi connectivity index (χ4v) is 1.80. The van der Waals surface area contributed by atoms with Gasteiger partial charge >= 0.3 is 0 Å². The third-order valence-electron chi connectivity index (χ3n) is 2.77. The molecule has 2 unspecified atom stereocenters. The second kappa shape index (κ2) is 4.06. The van der Waals surface area contributed by atoms with Crippen molar-refractivity contribution in [3.63, 3.8) is 0 Å². The predicted octanol–water partition coefficient (Wildman–Crippen LogP) is -0.109. The van der Waals surface area contributed by atoms with Gasteiger partial charge in [0.1, 0.15) is 11.4 Å². The molecule has 0 saturated carbocycles. The Bertz CT molecular complexity index is 300. The molecular weight excluding hydrogens is 182 g/mol. The van der Waals surface area contributed by atoms with E-state index in [-0.39, 0.29) is 12.0 Å². The quantitative estimate of drug-likeness (QED) is 0.692. The maximum absolute atomic E-state index is 9.74. The summed E-state index contributed by atoms with van der Waals surface area (Å²) in [6, 6.07) is 0. The lowest BCUT2D eigenvalue weighted by Gasteiger charge is -2.27. The van der Waals surface area contributed by atoms with Crippen LogP contribution in [0.3, 0.4) is 0 Å². The summed E-state index contributed by atoms with van der Waals surface area (Å²) in [5.41, 5.74) is 1.68. The molecule has 1 fully saturated rings. The number of hydrogen-bond donors (Lipinski definition) is 2. The van der Waals surface area contributed by atoms with Crippen LogP contribution >= 0.6 is 0 Å². The molecule has 1 aliphatic heterocycles. The molecule has 1 aromatic rings. The Hall–Kier alpha value is -0.940. The van der Waals surface area contributed by atoms with Crippen LogP contribution in [0.2, 0.25) is 0 Å². The third kappa shape index (κ3) is 1.93. The number of nitrogens with zero attached hydrogens (tertiary/aromatic N) is 2. The van der Waals surface area contributed by atoms with Crippen molar-refractivity contribution in [1.82, 2.24) is 15.6 Å². The van der Waals surface area contributed by atoms with E-state index < -0.39 is 0 Å². The second-order valence-corrected chi connectivity index (χ2v) is 3.82. The average molecular weight is 197 g/mol. The Kier molecular flexibility index (Phi) is 2.79. The number of aliphatic hydroxyl groups is 1. The summed E-state index contributed by atoms with van der Waals surface area (Å²) >= 11 is 0. The van der Waals surface area contributed by atoms with Crippen molar-refractivity contribution in [3.8, 4) is 0 Å². The first kappa shape index (κ1) is 9.61. The minimum Gasteiger partial charge on any atom is -0.393 e. The normalized spacial score (nSPS) is 27.9. The Morgan fingerprint density at radius 2 is 2.43 bits per heavy atom. The van der Waals surface area contributed by atoms with E-state index >= 15 is 0 Å². The van der Waals surface area contributed by atoms with E-state index in [1.807, 2.05) is 6.92 Å². The van der Waals surface area contributed by atoms with Crippen molar-refractivity contribution >= 4 is 0 Å². The third-order valence-corrected chi connectivity index (χ3v) is 2.77. The molecule has 78 valence electrons. The highest BCUT2D eigenvalue weighted by Crippen LogP contribution is 2.17. The fourth-order valence-electron chi connectivity index (χ4n) is 1.80. The molecule has 2 atom stereocenters. The molecule has 1 aliphatic rings. The van der Waals surface area contributed by atoms with Gasteiger partial charge in [-0.05, 0) is 19.9 Å². The Morgan fingerprint density at radius 1 is 1.57 bits per heavy atom. The van der Waals surface area contributed by atoms with Gasteiger partial charge in [-0.3, -0.25) is 0 Å². The van der Waals surface area contributed by atoms with Gasteiger partial charge in [0.25, 0.3) is 0 Å². The number of piperidine rings is 1. The monoisotopic (exact) mass is 197 g/mol. The highest BCUT2D eigenvalue weighted by Gasteiger charge is 2.24. The first-order valence-electron chi connectivity index (χ1n) is 4.94. The van der Waals surface area contributed by atoms with Crippen LogP contribution in [0.5, 0.6) is 0 Å². The van der Waals surface area contributed by atoms with E-state index in [1.165, 1.54) is 0 Å². The molecule has 0 radical (unpaired) electrons. The molecule has 14 heavy (non-hydrogen) atoms. The average Bonchev–Trinajstić information content (AvgIpc) is 2.56. The first-order chi connectivity index (χ1) is 6.77. The van der Waals surface area contributed by atoms with Crippen molar-refractivity contribution in [2.24, 2.45) is 5.92 Å². The van der Waals surface area contributed by atoms with E-state index in [1.54, 1.807) is 0 Å². The number of hydrogen-bond acceptors (Lipinski definition) is 5. The van der Waals surface area contributed by atoms with E-state index in [0.29, 0.717) is 0 Å². The van der Waals surface area contributed by atoms with Gasteiger partial charge in [-0.15, -0.1) is 0 Å². The minimum atomic E-state index is -0.229. The zero-order valence-electron chi connectivity index (χ0n) is 8.23. The fraction of sp³-hybridized carbons (Fsp3) is 0.778. The maximum atomic E-state index is 9.74. The molecule has 2 rings (SSSR count). The van der Waals surface area contributed by atoms with E-state index in [2.05, 4.69) is 20.3 Å². The van der Waals surface area contributed by atoms with Crippen molar-refractivity contribution in [3.05, 3.63) is 11.4 Å². The van der Waals surface area contributed by atoms with Crippen LogP contribution in [0, 0.1) is 12.8 Å². The first-order valence-corrected chi connectivity index (χ1v) is 4.94. The van der Waals surface area contributed by atoms with Gasteiger partial charge in [-0.25, -0.2) is 4.63 Å². The van der Waals surface area contributed by atoms with E-state index in [0.717, 1.165) is 37.3 Å². The summed E-state index contributed by atoms with van der Waals surface area (Å²) in [5, 5.41) is 20.5. The highest BCUT2D eigenvalue weighted by molar-refractivity contribution is 5.06. The molecule has 2 heterocycles. The molecule has 1 aromatic heterocycles. The van der Waals surface area contributed by atoms with Crippen LogP contribution in [-0.2, 0) is 6.42 Å². The van der Waals surface area contributed by atoms with Gasteiger partial charge in [0.05, 0.1) is 6.10 Å². The van der Waals surface area contributed by atoms with E-state index in [4.69, 9.17) is 0 Å². The van der Waals surface area contributed by atoms with Gasteiger partial charge in [0.15, 0.2) is 0 Å². The highest BCUT2D eigenvalue weighted by atomic mass is 16.6. The molecular formula is C9H15N3O2. The number of aryl methyl sites for hydroxylation is 1. The summed E-state index contributed by atoms with van der Waals surface area (Å²) < 4.78 is 4.62. The van der Waals surface area contributed by atoms with Crippen LogP contribution in [0.1, 0.15) is 17.8 Å². The largest absolute Gasteiger partial charge is 0.393 e. The maximum Gasteiger partial charge on any atom is 0.108 e. The molecule has 1 saturated heterocycles. The lowest BCUT2D eigenvalue weighted by molar-refractivity contribution is 0.0781. The lowest BCUT2D eigenvalue weighted by atomic mass is 9.91. The van der Waals surface area contributed by atoms with Crippen LogP contribution in [0.4, 0.5) is 0 Å². The molecule has 2 N–H and O–H groups in total. The van der Waals surface area contributed by atoms with Gasteiger partial charge in [0, 0.05) is 18.9 Å². The zero-order valence-corrected chi connectivity index (χ0v) is 8.23. The Morgan fingerprint density at radius 3 is 3.07 bits per heavy atom. The van der Waals surface area contributed by atoms with Crippen LogP contribution in [0.15, 0.2) is 4.63 Å². The van der Waals surface area contributed by atoms with Crippen molar-refractivity contribution in [1.29, 1.82) is 0 Å². The molecule has 0 bridgehead atoms. The van der Waals surface area contributed by atoms with Crippen LogP contribution < -0.4 is 5.32 Å². The molecule has 0 aliphatic carbocycles. The standard InChI is InChI=1S/C9H15N3O2/c1-6-8(12-14-11-6)4-7-5-10-3-2-9(7)13/h7,9-10,13H,2-5H2,1H3. The van der Waals surface area contributed by atoms with Crippen molar-refractivity contribution in [2.45, 2.75) is 25.9 Å². The van der Waals surface area contributed by atoms with Crippen LogP contribution in [0.25, 0.3) is 0 Å². The number of aliphatic hydroxyl groups excluding tert-OH is 1. The SMILES string of the molecule is Cc1nonc1CC1CNCCC1O. The molecule has 0 aromatic carbocycles. The van der Waals surface area contributed by atoms with Crippen molar-refractivity contribution < 1.29 is 9.74 Å². The molecule has 5 nitrogen and oxygen atoms in total. The van der Waals surface area contributed by atoms with E-state index in [9.17, 15) is 5.11 Å². The van der Waals surface area contributed by atoms with Crippen molar-refractivity contribution in [2.75, 3.05) is 13.1 Å². The smallest absolute Gasteiger partial charge is 0.108 e. The summed E-state index contributed by atoms with van der Waals surface area (Å²) in [6.07, 6.45) is 1.32. The number of rotatable bonds is 2. The lowest BCUT2D eigenvalue weighted by Crippen LogP contribution is -2.41. The summed E-state index contributed by atoms with van der Waals surface area (Å²) in [5.74, 6) is 0.231. The summed E-state index contributed by atoms with van der Waals surface area (Å²) in [6.45, 7) is 3.61. The van der Waals surface area contributed by atoms with Gasteiger partial charge in [-0.1, -0.05) is 10.3 Å². The molecule has 5 heteroatoms. The summed E-state index contributed by atoms with van der Waals surface area (Å²) in [7, 11) is 0. The minimum absolute atomic E-state index is 0.229. The molecule has 0 spiro atoms. The Balaban J connectivity index is 1.99. The number of aromatic nitrogens is 2. The predicted molar refractivity (Wildman–Crippen MR) is 49.7 cm³/mol. The number of nitrogens with one attached hydrogen (secondary N) is 1. The van der Waals surface area contributed by atoms with Gasteiger partial charge < -0.3 is 10.4 Å². The van der Waals surface area contributed by atoms with Crippen LogP contribution in [-0.4, -0.2) is 34.6 Å². The summed E-state index contributed by atoms with van der Waals surface area (Å²) in [4.78, 5) is 0. The van der Waals surface area contributed by atoms with Gasteiger partial charge in [0.2, 0.25) is 0 Å².